The normalized spacial score (nSPS) is 20.2. The van der Waals surface area contributed by atoms with Crippen molar-refractivity contribution in [2.24, 2.45) is 0 Å². The van der Waals surface area contributed by atoms with Crippen molar-refractivity contribution in [2.75, 3.05) is 18.0 Å². The maximum Gasteiger partial charge on any atom is 0.234 e. The van der Waals surface area contributed by atoms with Crippen LogP contribution in [0.5, 0.6) is 0 Å². The number of nitrogens with one attached hydrogen (secondary N) is 1. The molecule has 2 aliphatic rings. The van der Waals surface area contributed by atoms with Gasteiger partial charge in [0.1, 0.15) is 0 Å². The summed E-state index contributed by atoms with van der Waals surface area (Å²) >= 11 is 6.64. The fourth-order valence-electron chi connectivity index (χ4n) is 3.46. The summed E-state index contributed by atoms with van der Waals surface area (Å²) in [4.78, 5) is 25.9. The molecule has 2 aromatic carbocycles. The number of imide groups is 1. The Balaban J connectivity index is 1.64. The first-order valence-electron chi connectivity index (χ1n) is 8.61. The minimum Gasteiger partial charge on any atom is -0.371 e. The monoisotopic (exact) mass is 354 g/mol. The van der Waals surface area contributed by atoms with Crippen LogP contribution < -0.4 is 10.2 Å². The molecule has 0 aliphatic carbocycles. The SMILES string of the molecule is O=C1CCC(c2cccc(-c3ccc(N4CCC4)cc3)c2Cl)C(=O)N1. The topological polar surface area (TPSA) is 49.4 Å². The number of halogens is 1. The third kappa shape index (κ3) is 3.02. The summed E-state index contributed by atoms with van der Waals surface area (Å²) in [5, 5.41) is 3.00. The molecule has 2 heterocycles. The van der Waals surface area contributed by atoms with E-state index in [4.69, 9.17) is 11.6 Å². The molecule has 1 N–H and O–H groups in total. The Hall–Kier alpha value is -2.33. The van der Waals surface area contributed by atoms with Gasteiger partial charge >= 0.3 is 0 Å². The highest BCUT2D eigenvalue weighted by Crippen LogP contribution is 2.37. The van der Waals surface area contributed by atoms with Gasteiger partial charge in [0.15, 0.2) is 0 Å². The lowest BCUT2D eigenvalue weighted by Gasteiger charge is -2.33. The van der Waals surface area contributed by atoms with Crippen LogP contribution in [-0.4, -0.2) is 24.9 Å². The summed E-state index contributed by atoms with van der Waals surface area (Å²) in [5.74, 6) is -0.843. The van der Waals surface area contributed by atoms with Gasteiger partial charge in [-0.05, 0) is 36.1 Å². The smallest absolute Gasteiger partial charge is 0.234 e. The Morgan fingerprint density at radius 1 is 1.04 bits per heavy atom. The van der Waals surface area contributed by atoms with Gasteiger partial charge < -0.3 is 4.90 Å². The minimum atomic E-state index is -0.370. The molecule has 128 valence electrons. The van der Waals surface area contributed by atoms with Gasteiger partial charge in [0.2, 0.25) is 11.8 Å². The number of carbonyl (C=O) groups is 2. The van der Waals surface area contributed by atoms with E-state index in [9.17, 15) is 9.59 Å². The summed E-state index contributed by atoms with van der Waals surface area (Å²) in [7, 11) is 0. The highest BCUT2D eigenvalue weighted by atomic mass is 35.5. The van der Waals surface area contributed by atoms with Crippen LogP contribution in [0.2, 0.25) is 5.02 Å². The number of hydrogen-bond acceptors (Lipinski definition) is 3. The second-order valence-electron chi connectivity index (χ2n) is 6.60. The molecule has 0 spiro atoms. The van der Waals surface area contributed by atoms with Crippen LogP contribution in [0.4, 0.5) is 5.69 Å². The van der Waals surface area contributed by atoms with Gasteiger partial charge in [0.05, 0.1) is 10.9 Å². The predicted octanol–water partition coefficient (Wildman–Crippen LogP) is 3.74. The van der Waals surface area contributed by atoms with Crippen LogP contribution in [0.3, 0.4) is 0 Å². The Labute approximate surface area is 151 Å². The van der Waals surface area contributed by atoms with Gasteiger partial charge in [0.25, 0.3) is 0 Å². The Morgan fingerprint density at radius 2 is 1.80 bits per heavy atom. The predicted molar refractivity (Wildman–Crippen MR) is 98.8 cm³/mol. The molecule has 0 saturated carbocycles. The standard InChI is InChI=1S/C20H19ClN2O2/c21-19-15(13-5-7-14(8-6-13)23-11-2-12-23)3-1-4-16(19)17-9-10-18(24)22-20(17)25/h1,3-8,17H,2,9-12H2,(H,22,24,25). The van der Waals surface area contributed by atoms with Crippen molar-refractivity contribution in [2.45, 2.75) is 25.2 Å². The third-order valence-corrected chi connectivity index (χ3v) is 5.46. The van der Waals surface area contributed by atoms with Crippen molar-refractivity contribution in [1.82, 2.24) is 5.32 Å². The summed E-state index contributed by atoms with van der Waals surface area (Å²) in [6.07, 6.45) is 2.10. The number of nitrogens with zero attached hydrogens (tertiary/aromatic N) is 1. The zero-order valence-corrected chi connectivity index (χ0v) is 14.6. The second kappa shape index (κ2) is 6.52. The maximum atomic E-state index is 12.2. The molecule has 2 saturated heterocycles. The van der Waals surface area contributed by atoms with Gasteiger partial charge in [0, 0.05) is 30.8 Å². The molecule has 2 fully saturated rings. The van der Waals surface area contributed by atoms with Crippen LogP contribution in [0.1, 0.15) is 30.7 Å². The summed E-state index contributed by atoms with van der Waals surface area (Å²) < 4.78 is 0. The first kappa shape index (κ1) is 16.2. The Kier molecular flexibility index (Phi) is 4.22. The fourth-order valence-corrected chi connectivity index (χ4v) is 3.83. The van der Waals surface area contributed by atoms with Crippen molar-refractivity contribution in [1.29, 1.82) is 0 Å². The van der Waals surface area contributed by atoms with Gasteiger partial charge in [-0.1, -0.05) is 41.9 Å². The first-order valence-corrected chi connectivity index (χ1v) is 8.99. The Morgan fingerprint density at radius 3 is 2.44 bits per heavy atom. The molecule has 2 aliphatic heterocycles. The zero-order valence-electron chi connectivity index (χ0n) is 13.8. The summed E-state index contributed by atoms with van der Waals surface area (Å²) in [6, 6.07) is 14.1. The highest BCUT2D eigenvalue weighted by Gasteiger charge is 2.30. The van der Waals surface area contributed by atoms with Gasteiger partial charge in [-0.15, -0.1) is 0 Å². The average Bonchev–Trinajstić information content (AvgIpc) is 2.55. The van der Waals surface area contributed by atoms with E-state index in [-0.39, 0.29) is 17.7 Å². The molecule has 4 nitrogen and oxygen atoms in total. The molecule has 4 rings (SSSR count). The lowest BCUT2D eigenvalue weighted by atomic mass is 9.88. The number of anilines is 1. The molecule has 0 radical (unpaired) electrons. The van der Waals surface area contributed by atoms with Crippen molar-refractivity contribution in [3.8, 4) is 11.1 Å². The van der Waals surface area contributed by atoms with E-state index in [1.165, 1.54) is 12.1 Å². The van der Waals surface area contributed by atoms with Crippen LogP contribution in [0.25, 0.3) is 11.1 Å². The van der Waals surface area contributed by atoms with Gasteiger partial charge in [-0.25, -0.2) is 0 Å². The molecule has 1 atom stereocenters. The van der Waals surface area contributed by atoms with E-state index in [1.807, 2.05) is 18.2 Å². The van der Waals surface area contributed by atoms with E-state index in [0.29, 0.717) is 17.9 Å². The van der Waals surface area contributed by atoms with E-state index in [0.717, 1.165) is 29.8 Å². The van der Waals surface area contributed by atoms with Crippen molar-refractivity contribution < 1.29 is 9.59 Å². The van der Waals surface area contributed by atoms with Crippen molar-refractivity contribution in [3.05, 3.63) is 53.1 Å². The quantitative estimate of drug-likeness (QED) is 0.854. The number of benzene rings is 2. The lowest BCUT2D eigenvalue weighted by molar-refractivity contribution is -0.134. The molecular weight excluding hydrogens is 336 g/mol. The number of amides is 2. The Bertz CT molecular complexity index is 828. The molecule has 1 unspecified atom stereocenters. The van der Waals surface area contributed by atoms with Gasteiger partial charge in [-0.3, -0.25) is 14.9 Å². The highest BCUT2D eigenvalue weighted by molar-refractivity contribution is 6.34. The van der Waals surface area contributed by atoms with E-state index < -0.39 is 0 Å². The van der Waals surface area contributed by atoms with Gasteiger partial charge in [-0.2, -0.15) is 0 Å². The number of carbonyl (C=O) groups excluding carboxylic acids is 2. The van der Waals surface area contributed by atoms with E-state index in [2.05, 4.69) is 34.5 Å². The van der Waals surface area contributed by atoms with E-state index in [1.54, 1.807) is 0 Å². The first-order chi connectivity index (χ1) is 12.1. The minimum absolute atomic E-state index is 0.213. The molecule has 0 bridgehead atoms. The molecule has 2 aromatic rings. The molecular formula is C20H19ClN2O2. The molecule has 25 heavy (non-hydrogen) atoms. The van der Waals surface area contributed by atoms with Crippen LogP contribution in [0, 0.1) is 0 Å². The lowest BCUT2D eigenvalue weighted by Crippen LogP contribution is -2.39. The number of hydrogen-bond donors (Lipinski definition) is 1. The van der Waals surface area contributed by atoms with Crippen LogP contribution >= 0.6 is 11.6 Å². The summed E-state index contributed by atoms with van der Waals surface area (Å²) in [5.41, 5.74) is 3.96. The van der Waals surface area contributed by atoms with Crippen molar-refractivity contribution >= 4 is 29.1 Å². The largest absolute Gasteiger partial charge is 0.371 e. The number of rotatable bonds is 3. The molecule has 5 heteroatoms. The number of piperidine rings is 1. The summed E-state index contributed by atoms with van der Waals surface area (Å²) in [6.45, 7) is 2.23. The second-order valence-corrected chi connectivity index (χ2v) is 6.98. The van der Waals surface area contributed by atoms with Crippen LogP contribution in [-0.2, 0) is 9.59 Å². The van der Waals surface area contributed by atoms with E-state index >= 15 is 0 Å². The molecule has 2 amide bonds. The maximum absolute atomic E-state index is 12.2. The fraction of sp³-hybridized carbons (Fsp3) is 0.300. The molecule has 0 aromatic heterocycles. The average molecular weight is 355 g/mol. The van der Waals surface area contributed by atoms with Crippen LogP contribution in [0.15, 0.2) is 42.5 Å². The van der Waals surface area contributed by atoms with Crippen molar-refractivity contribution in [3.63, 3.8) is 0 Å². The zero-order chi connectivity index (χ0) is 17.4. The third-order valence-electron chi connectivity index (χ3n) is 5.04.